The molecule has 6 nitrogen and oxygen atoms in total. The highest BCUT2D eigenvalue weighted by Crippen LogP contribution is 2.19. The van der Waals surface area contributed by atoms with Gasteiger partial charge < -0.3 is 10.5 Å². The fraction of sp³-hybridized carbons (Fsp3) is 0.429. The molecule has 0 amide bonds. The van der Waals surface area contributed by atoms with Crippen LogP contribution in [-0.4, -0.2) is 22.5 Å². The van der Waals surface area contributed by atoms with Crippen molar-refractivity contribution in [3.05, 3.63) is 22.7 Å². The van der Waals surface area contributed by atoms with Crippen LogP contribution in [0.3, 0.4) is 0 Å². The molecular formula is C7H8FN3O3. The maximum atomic E-state index is 12.6. The van der Waals surface area contributed by atoms with Gasteiger partial charge in [0.05, 0.1) is 0 Å². The number of rotatable bonds is 1. The van der Waals surface area contributed by atoms with Crippen LogP contribution in [0, 0.1) is 0 Å². The van der Waals surface area contributed by atoms with Crippen molar-refractivity contribution in [3.63, 3.8) is 0 Å². The molecule has 1 aromatic heterocycles. The number of nitrogens with two attached hydrogens (primary N) is 1. The summed E-state index contributed by atoms with van der Waals surface area (Å²) in [4.78, 5) is 14.7. The van der Waals surface area contributed by atoms with Crippen molar-refractivity contribution < 1.29 is 13.9 Å². The minimum absolute atomic E-state index is 0.0982. The van der Waals surface area contributed by atoms with E-state index in [1.165, 1.54) is 12.3 Å². The first-order chi connectivity index (χ1) is 6.66. The molecule has 1 aromatic rings. The van der Waals surface area contributed by atoms with E-state index in [1.807, 2.05) is 0 Å². The van der Waals surface area contributed by atoms with E-state index in [2.05, 4.69) is 9.72 Å². The van der Waals surface area contributed by atoms with Gasteiger partial charge >= 0.3 is 5.69 Å². The molecule has 1 aliphatic heterocycles. The van der Waals surface area contributed by atoms with Crippen LogP contribution in [0.2, 0.25) is 0 Å². The van der Waals surface area contributed by atoms with Gasteiger partial charge in [-0.05, 0) is 6.07 Å². The number of ether oxygens (including phenoxy) is 2. The maximum absolute atomic E-state index is 12.6. The zero-order valence-corrected chi connectivity index (χ0v) is 7.09. The molecule has 0 saturated carbocycles. The molecular weight excluding hydrogens is 193 g/mol. The van der Waals surface area contributed by atoms with Crippen molar-refractivity contribution in [1.29, 1.82) is 0 Å². The third kappa shape index (κ3) is 1.59. The minimum atomic E-state index is -1.51. The predicted octanol–water partition coefficient (Wildman–Crippen LogP) is -0.376. The van der Waals surface area contributed by atoms with E-state index in [9.17, 15) is 9.18 Å². The SMILES string of the molecule is Nc1ccn(C2OCC(F)O2)c(=O)n1. The van der Waals surface area contributed by atoms with Gasteiger partial charge in [0.25, 0.3) is 6.41 Å². The van der Waals surface area contributed by atoms with Gasteiger partial charge in [0, 0.05) is 6.20 Å². The lowest BCUT2D eigenvalue weighted by Gasteiger charge is -2.10. The van der Waals surface area contributed by atoms with E-state index < -0.39 is 18.5 Å². The van der Waals surface area contributed by atoms with Crippen molar-refractivity contribution >= 4 is 5.82 Å². The monoisotopic (exact) mass is 201 g/mol. The fourth-order valence-electron chi connectivity index (χ4n) is 1.10. The molecule has 1 aliphatic rings. The number of nitrogens with zero attached hydrogens (tertiary/aromatic N) is 2. The van der Waals surface area contributed by atoms with Crippen LogP contribution in [0.25, 0.3) is 0 Å². The predicted molar refractivity (Wildman–Crippen MR) is 43.9 cm³/mol. The Hall–Kier alpha value is -1.47. The van der Waals surface area contributed by atoms with Gasteiger partial charge in [0.1, 0.15) is 12.4 Å². The van der Waals surface area contributed by atoms with Gasteiger partial charge in [-0.25, -0.2) is 13.8 Å². The third-order valence-electron chi connectivity index (χ3n) is 1.71. The summed E-state index contributed by atoms with van der Waals surface area (Å²) in [5.74, 6) is 0.0982. The number of hydrogen-bond donors (Lipinski definition) is 1. The summed E-state index contributed by atoms with van der Waals surface area (Å²) in [6, 6.07) is 1.40. The highest BCUT2D eigenvalue weighted by molar-refractivity contribution is 5.23. The standard InChI is InChI=1S/C7H8FN3O3/c8-4-3-13-7(14-4)11-2-1-5(9)10-6(11)12/h1-2,4,7H,3H2,(H2,9,10,12). The zero-order valence-electron chi connectivity index (χ0n) is 7.09. The fourth-order valence-corrected chi connectivity index (χ4v) is 1.10. The Balaban J connectivity index is 2.29. The van der Waals surface area contributed by atoms with E-state index in [0.717, 1.165) is 4.57 Å². The highest BCUT2D eigenvalue weighted by atomic mass is 19.1. The van der Waals surface area contributed by atoms with Crippen molar-refractivity contribution in [2.45, 2.75) is 12.8 Å². The number of halogens is 1. The van der Waals surface area contributed by atoms with Gasteiger partial charge in [0.15, 0.2) is 0 Å². The van der Waals surface area contributed by atoms with Crippen molar-refractivity contribution in [3.8, 4) is 0 Å². The van der Waals surface area contributed by atoms with Crippen LogP contribution < -0.4 is 11.4 Å². The normalized spacial score (nSPS) is 26.6. The summed E-state index contributed by atoms with van der Waals surface area (Å²) >= 11 is 0. The molecule has 2 rings (SSSR count). The molecule has 0 spiro atoms. The van der Waals surface area contributed by atoms with Crippen LogP contribution in [0.1, 0.15) is 6.41 Å². The largest absolute Gasteiger partial charge is 0.383 e. The lowest BCUT2D eigenvalue weighted by molar-refractivity contribution is -0.136. The molecule has 76 valence electrons. The summed E-state index contributed by atoms with van der Waals surface area (Å²) in [6.45, 7) is -0.193. The molecule has 14 heavy (non-hydrogen) atoms. The molecule has 1 fully saturated rings. The van der Waals surface area contributed by atoms with Crippen LogP contribution in [0.4, 0.5) is 10.2 Å². The minimum Gasteiger partial charge on any atom is -0.383 e. The molecule has 0 aromatic carbocycles. The molecule has 0 radical (unpaired) electrons. The summed E-state index contributed by atoms with van der Waals surface area (Å²) in [5, 5.41) is 0. The Morgan fingerprint density at radius 3 is 3.07 bits per heavy atom. The summed E-state index contributed by atoms with van der Waals surface area (Å²) < 4.78 is 23.1. The van der Waals surface area contributed by atoms with Gasteiger partial charge in [0.2, 0.25) is 6.36 Å². The lowest BCUT2D eigenvalue weighted by atomic mass is 10.6. The second-order valence-electron chi connectivity index (χ2n) is 2.73. The topological polar surface area (TPSA) is 79.4 Å². The number of anilines is 1. The number of nitrogen functional groups attached to an aromatic ring is 1. The second kappa shape index (κ2) is 3.35. The molecule has 0 aliphatic carbocycles. The first-order valence-electron chi connectivity index (χ1n) is 3.92. The average Bonchev–Trinajstić information content (AvgIpc) is 2.51. The Labute approximate surface area is 78.1 Å². The van der Waals surface area contributed by atoms with Crippen molar-refractivity contribution in [1.82, 2.24) is 9.55 Å². The highest BCUT2D eigenvalue weighted by Gasteiger charge is 2.27. The third-order valence-corrected chi connectivity index (χ3v) is 1.71. The maximum Gasteiger partial charge on any atom is 0.353 e. The molecule has 2 heterocycles. The van der Waals surface area contributed by atoms with Crippen molar-refractivity contribution in [2.75, 3.05) is 12.3 Å². The van der Waals surface area contributed by atoms with Crippen LogP contribution in [0.15, 0.2) is 17.1 Å². The molecule has 0 bridgehead atoms. The van der Waals surface area contributed by atoms with E-state index in [-0.39, 0.29) is 12.4 Å². The van der Waals surface area contributed by atoms with E-state index in [0.29, 0.717) is 0 Å². The van der Waals surface area contributed by atoms with E-state index in [4.69, 9.17) is 10.5 Å². The summed E-state index contributed by atoms with van der Waals surface area (Å²) in [7, 11) is 0. The number of alkyl halides is 1. The molecule has 2 unspecified atom stereocenters. The van der Waals surface area contributed by atoms with Gasteiger partial charge in [-0.3, -0.25) is 4.74 Å². The first-order valence-corrected chi connectivity index (χ1v) is 3.92. The molecule has 7 heteroatoms. The van der Waals surface area contributed by atoms with Gasteiger partial charge in [-0.15, -0.1) is 0 Å². The zero-order chi connectivity index (χ0) is 10.1. The van der Waals surface area contributed by atoms with Crippen molar-refractivity contribution in [2.24, 2.45) is 0 Å². The van der Waals surface area contributed by atoms with Gasteiger partial charge in [-0.2, -0.15) is 4.98 Å². The summed E-state index contributed by atoms with van der Waals surface area (Å²) in [5.41, 5.74) is 4.64. The Morgan fingerprint density at radius 1 is 1.71 bits per heavy atom. The average molecular weight is 201 g/mol. The quantitative estimate of drug-likeness (QED) is 0.670. The first kappa shape index (κ1) is 9.10. The van der Waals surface area contributed by atoms with Crippen LogP contribution in [-0.2, 0) is 9.47 Å². The molecule has 2 atom stereocenters. The van der Waals surface area contributed by atoms with E-state index in [1.54, 1.807) is 0 Å². The Kier molecular flexibility index (Phi) is 2.18. The second-order valence-corrected chi connectivity index (χ2v) is 2.73. The smallest absolute Gasteiger partial charge is 0.353 e. The summed E-state index contributed by atoms with van der Waals surface area (Å²) in [6.07, 6.45) is -1.22. The Morgan fingerprint density at radius 2 is 2.50 bits per heavy atom. The van der Waals surface area contributed by atoms with Gasteiger partial charge in [-0.1, -0.05) is 0 Å². The molecule has 1 saturated heterocycles. The number of hydrogen-bond acceptors (Lipinski definition) is 5. The van der Waals surface area contributed by atoms with Crippen LogP contribution in [0.5, 0.6) is 0 Å². The number of aromatic nitrogens is 2. The lowest BCUT2D eigenvalue weighted by Crippen LogP contribution is -2.27. The van der Waals surface area contributed by atoms with Crippen LogP contribution >= 0.6 is 0 Å². The van der Waals surface area contributed by atoms with E-state index >= 15 is 0 Å². The Bertz CT molecular complexity index is 394. The molecule has 2 N–H and O–H groups in total.